The van der Waals surface area contributed by atoms with E-state index in [0.717, 1.165) is 11.1 Å². The second kappa shape index (κ2) is 7.62. The molecule has 0 aliphatic carbocycles. The number of benzene rings is 3. The van der Waals surface area contributed by atoms with Crippen molar-refractivity contribution in [1.29, 1.82) is 0 Å². The van der Waals surface area contributed by atoms with Gasteiger partial charge in [0.05, 0.1) is 5.69 Å². The SMILES string of the molecule is Cc1ccc(F)c(NC(=O)c2cccc(OCc3ccccc3)c2)c1. The van der Waals surface area contributed by atoms with Gasteiger partial charge in [-0.1, -0.05) is 42.5 Å². The van der Waals surface area contributed by atoms with Crippen LogP contribution in [0.5, 0.6) is 5.75 Å². The van der Waals surface area contributed by atoms with Crippen LogP contribution in [0.2, 0.25) is 0 Å². The number of anilines is 1. The van der Waals surface area contributed by atoms with Crippen molar-refractivity contribution >= 4 is 11.6 Å². The average Bonchev–Trinajstić information content (AvgIpc) is 2.64. The molecular weight excluding hydrogens is 317 g/mol. The van der Waals surface area contributed by atoms with Crippen molar-refractivity contribution in [1.82, 2.24) is 0 Å². The highest BCUT2D eigenvalue weighted by Crippen LogP contribution is 2.19. The van der Waals surface area contributed by atoms with Crippen LogP contribution in [0, 0.1) is 12.7 Å². The lowest BCUT2D eigenvalue weighted by Gasteiger charge is -2.10. The van der Waals surface area contributed by atoms with Crippen LogP contribution in [0.1, 0.15) is 21.5 Å². The fraction of sp³-hybridized carbons (Fsp3) is 0.0952. The molecule has 0 aliphatic heterocycles. The molecular formula is C21H18FNO2. The number of amides is 1. The molecule has 3 aromatic rings. The molecule has 0 unspecified atom stereocenters. The minimum absolute atomic E-state index is 0.167. The maximum Gasteiger partial charge on any atom is 0.255 e. The van der Waals surface area contributed by atoms with E-state index in [9.17, 15) is 9.18 Å². The van der Waals surface area contributed by atoms with Crippen LogP contribution in [0.15, 0.2) is 72.8 Å². The van der Waals surface area contributed by atoms with E-state index in [0.29, 0.717) is 17.9 Å². The fourth-order valence-corrected chi connectivity index (χ4v) is 2.40. The van der Waals surface area contributed by atoms with Gasteiger partial charge in [0.1, 0.15) is 18.2 Å². The van der Waals surface area contributed by atoms with Gasteiger partial charge >= 0.3 is 0 Å². The molecule has 3 aromatic carbocycles. The number of aryl methyl sites for hydroxylation is 1. The van der Waals surface area contributed by atoms with Crippen LogP contribution in [0.4, 0.5) is 10.1 Å². The molecule has 126 valence electrons. The summed E-state index contributed by atoms with van der Waals surface area (Å²) in [6.45, 7) is 2.26. The highest BCUT2D eigenvalue weighted by Gasteiger charge is 2.10. The minimum Gasteiger partial charge on any atom is -0.489 e. The molecule has 0 saturated heterocycles. The Labute approximate surface area is 146 Å². The maximum absolute atomic E-state index is 13.8. The molecule has 0 atom stereocenters. The lowest BCUT2D eigenvalue weighted by atomic mass is 10.1. The molecule has 0 spiro atoms. The Morgan fingerprint density at radius 1 is 1.00 bits per heavy atom. The van der Waals surface area contributed by atoms with Crippen molar-refractivity contribution in [2.45, 2.75) is 13.5 Å². The van der Waals surface area contributed by atoms with E-state index in [1.807, 2.05) is 37.3 Å². The Morgan fingerprint density at radius 3 is 2.60 bits per heavy atom. The fourth-order valence-electron chi connectivity index (χ4n) is 2.40. The first-order valence-corrected chi connectivity index (χ1v) is 7.96. The monoisotopic (exact) mass is 335 g/mol. The summed E-state index contributed by atoms with van der Waals surface area (Å²) >= 11 is 0. The molecule has 0 fully saturated rings. The van der Waals surface area contributed by atoms with Gasteiger partial charge in [0.15, 0.2) is 0 Å². The van der Waals surface area contributed by atoms with Crippen LogP contribution in [-0.2, 0) is 6.61 Å². The largest absolute Gasteiger partial charge is 0.489 e. The van der Waals surface area contributed by atoms with Crippen LogP contribution >= 0.6 is 0 Å². The lowest BCUT2D eigenvalue weighted by molar-refractivity contribution is 0.102. The summed E-state index contributed by atoms with van der Waals surface area (Å²) < 4.78 is 19.5. The lowest BCUT2D eigenvalue weighted by Crippen LogP contribution is -2.13. The summed E-state index contributed by atoms with van der Waals surface area (Å²) in [7, 11) is 0. The summed E-state index contributed by atoms with van der Waals surface area (Å²) in [5.74, 6) is -0.258. The number of carbonyl (C=O) groups excluding carboxylic acids is 1. The first-order valence-electron chi connectivity index (χ1n) is 7.96. The third kappa shape index (κ3) is 4.44. The maximum atomic E-state index is 13.8. The quantitative estimate of drug-likeness (QED) is 0.715. The van der Waals surface area contributed by atoms with Gasteiger partial charge in [-0.05, 0) is 48.4 Å². The third-order valence-electron chi connectivity index (χ3n) is 3.71. The number of nitrogens with one attached hydrogen (secondary N) is 1. The molecule has 0 bridgehead atoms. The van der Waals surface area contributed by atoms with Gasteiger partial charge in [0.2, 0.25) is 0 Å². The number of rotatable bonds is 5. The predicted octanol–water partition coefficient (Wildman–Crippen LogP) is 4.97. The second-order valence-electron chi connectivity index (χ2n) is 5.74. The van der Waals surface area contributed by atoms with E-state index in [1.165, 1.54) is 6.07 Å². The van der Waals surface area contributed by atoms with E-state index in [2.05, 4.69) is 5.32 Å². The third-order valence-corrected chi connectivity index (χ3v) is 3.71. The second-order valence-corrected chi connectivity index (χ2v) is 5.74. The summed E-state index contributed by atoms with van der Waals surface area (Å²) in [6, 6.07) is 21.2. The molecule has 0 aromatic heterocycles. The summed E-state index contributed by atoms with van der Waals surface area (Å²) in [5.41, 5.74) is 2.49. The number of carbonyl (C=O) groups is 1. The molecule has 25 heavy (non-hydrogen) atoms. The first-order chi connectivity index (χ1) is 12.1. The summed E-state index contributed by atoms with van der Waals surface area (Å²) in [4.78, 5) is 12.4. The van der Waals surface area contributed by atoms with Crippen LogP contribution in [-0.4, -0.2) is 5.91 Å². The van der Waals surface area contributed by atoms with Crippen molar-refractivity contribution in [2.75, 3.05) is 5.32 Å². The van der Waals surface area contributed by atoms with E-state index >= 15 is 0 Å². The summed E-state index contributed by atoms with van der Waals surface area (Å²) in [5, 5.41) is 2.60. The Balaban J connectivity index is 1.70. The van der Waals surface area contributed by atoms with E-state index < -0.39 is 5.82 Å². The van der Waals surface area contributed by atoms with Gasteiger partial charge < -0.3 is 10.1 Å². The zero-order chi connectivity index (χ0) is 17.6. The Bertz CT molecular complexity index is 878. The summed E-state index contributed by atoms with van der Waals surface area (Å²) in [6.07, 6.45) is 0. The van der Waals surface area contributed by atoms with Crippen molar-refractivity contribution in [3.05, 3.63) is 95.3 Å². The first kappa shape index (κ1) is 16.7. The molecule has 0 saturated carbocycles. The standard InChI is InChI=1S/C21H18FNO2/c1-15-10-11-19(22)20(12-15)23-21(24)17-8-5-9-18(13-17)25-14-16-6-3-2-4-7-16/h2-13H,14H2,1H3,(H,23,24). The number of hydrogen-bond donors (Lipinski definition) is 1. The van der Waals surface area contributed by atoms with Crippen molar-refractivity contribution in [3.63, 3.8) is 0 Å². The van der Waals surface area contributed by atoms with Crippen LogP contribution in [0.25, 0.3) is 0 Å². The van der Waals surface area contributed by atoms with Crippen molar-refractivity contribution in [3.8, 4) is 5.75 Å². The van der Waals surface area contributed by atoms with Gasteiger partial charge in [-0.15, -0.1) is 0 Å². The van der Waals surface area contributed by atoms with Gasteiger partial charge in [-0.3, -0.25) is 4.79 Å². The highest BCUT2D eigenvalue weighted by molar-refractivity contribution is 6.04. The molecule has 3 nitrogen and oxygen atoms in total. The zero-order valence-electron chi connectivity index (χ0n) is 13.8. The average molecular weight is 335 g/mol. The molecule has 0 heterocycles. The smallest absolute Gasteiger partial charge is 0.255 e. The van der Waals surface area contributed by atoms with Gasteiger partial charge in [0, 0.05) is 5.56 Å². The number of ether oxygens (including phenoxy) is 1. The van der Waals surface area contributed by atoms with E-state index in [-0.39, 0.29) is 11.6 Å². The van der Waals surface area contributed by atoms with Gasteiger partial charge in [-0.25, -0.2) is 4.39 Å². The molecule has 1 amide bonds. The molecule has 0 radical (unpaired) electrons. The number of hydrogen-bond acceptors (Lipinski definition) is 2. The topological polar surface area (TPSA) is 38.3 Å². The van der Waals surface area contributed by atoms with Crippen molar-refractivity contribution < 1.29 is 13.9 Å². The Morgan fingerprint density at radius 2 is 1.80 bits per heavy atom. The predicted molar refractivity (Wildman–Crippen MR) is 96.3 cm³/mol. The molecule has 3 rings (SSSR count). The highest BCUT2D eigenvalue weighted by atomic mass is 19.1. The Kier molecular flexibility index (Phi) is 5.09. The van der Waals surface area contributed by atoms with E-state index in [4.69, 9.17) is 4.74 Å². The Hall–Kier alpha value is -3.14. The van der Waals surface area contributed by atoms with Gasteiger partial charge in [-0.2, -0.15) is 0 Å². The number of halogens is 1. The molecule has 1 N–H and O–H groups in total. The van der Waals surface area contributed by atoms with Crippen molar-refractivity contribution in [2.24, 2.45) is 0 Å². The van der Waals surface area contributed by atoms with Crippen LogP contribution < -0.4 is 10.1 Å². The minimum atomic E-state index is -0.463. The molecule has 4 heteroatoms. The van der Waals surface area contributed by atoms with E-state index in [1.54, 1.807) is 36.4 Å². The normalized spacial score (nSPS) is 10.3. The van der Waals surface area contributed by atoms with Gasteiger partial charge in [0.25, 0.3) is 5.91 Å². The van der Waals surface area contributed by atoms with Crippen LogP contribution in [0.3, 0.4) is 0 Å². The zero-order valence-corrected chi connectivity index (χ0v) is 13.8. The molecule has 0 aliphatic rings.